The highest BCUT2D eigenvalue weighted by atomic mass is 15.3. The number of anilines is 1. The molecular formula is C14H23N7. The molecule has 1 saturated heterocycles. The fourth-order valence-electron chi connectivity index (χ4n) is 3.05. The standard InChI is InChI=1S/C14H23N7/c1-10-12-13(15)17-9-18-14(12)21(19-10)8-7-20-5-3-11(16-2)4-6-20/h9,11,16H,3-8H2,1-2H3,(H2,15,17,18). The molecule has 114 valence electrons. The van der Waals surface area contributed by atoms with Crippen LogP contribution in [0.25, 0.3) is 11.0 Å². The van der Waals surface area contributed by atoms with Gasteiger partial charge in [0.25, 0.3) is 0 Å². The van der Waals surface area contributed by atoms with Crippen molar-refractivity contribution in [2.24, 2.45) is 0 Å². The van der Waals surface area contributed by atoms with Crippen LogP contribution in [0.3, 0.4) is 0 Å². The van der Waals surface area contributed by atoms with E-state index in [1.807, 2.05) is 18.7 Å². The molecule has 1 aliphatic heterocycles. The van der Waals surface area contributed by atoms with Crippen LogP contribution in [0.4, 0.5) is 5.82 Å². The van der Waals surface area contributed by atoms with Gasteiger partial charge in [0.1, 0.15) is 12.1 Å². The summed E-state index contributed by atoms with van der Waals surface area (Å²) < 4.78 is 1.95. The molecule has 7 nitrogen and oxygen atoms in total. The predicted molar refractivity (Wildman–Crippen MR) is 83.0 cm³/mol. The van der Waals surface area contributed by atoms with Crippen LogP contribution in [0.1, 0.15) is 18.5 Å². The first-order valence-electron chi connectivity index (χ1n) is 7.52. The first kappa shape index (κ1) is 14.2. The minimum Gasteiger partial charge on any atom is -0.383 e. The van der Waals surface area contributed by atoms with Gasteiger partial charge in [-0.15, -0.1) is 0 Å². The van der Waals surface area contributed by atoms with Crippen molar-refractivity contribution in [3.8, 4) is 0 Å². The highest BCUT2D eigenvalue weighted by Gasteiger charge is 2.18. The largest absolute Gasteiger partial charge is 0.383 e. The van der Waals surface area contributed by atoms with Crippen molar-refractivity contribution in [2.45, 2.75) is 32.4 Å². The Morgan fingerprint density at radius 2 is 2.05 bits per heavy atom. The summed E-state index contributed by atoms with van der Waals surface area (Å²) in [5, 5.41) is 8.80. The van der Waals surface area contributed by atoms with E-state index < -0.39 is 0 Å². The molecule has 3 N–H and O–H groups in total. The van der Waals surface area contributed by atoms with Gasteiger partial charge in [-0.3, -0.25) is 0 Å². The van der Waals surface area contributed by atoms with Crippen molar-refractivity contribution in [3.05, 3.63) is 12.0 Å². The molecule has 1 fully saturated rings. The van der Waals surface area contributed by atoms with Gasteiger partial charge in [0, 0.05) is 12.6 Å². The minimum absolute atomic E-state index is 0.513. The second-order valence-corrected chi connectivity index (χ2v) is 5.67. The van der Waals surface area contributed by atoms with Gasteiger partial charge in [0.15, 0.2) is 5.65 Å². The van der Waals surface area contributed by atoms with E-state index in [-0.39, 0.29) is 0 Å². The van der Waals surface area contributed by atoms with Crippen LogP contribution in [-0.2, 0) is 6.54 Å². The molecule has 1 aliphatic rings. The molecule has 0 amide bonds. The van der Waals surface area contributed by atoms with Crippen LogP contribution >= 0.6 is 0 Å². The van der Waals surface area contributed by atoms with Gasteiger partial charge in [-0.05, 0) is 39.9 Å². The Balaban J connectivity index is 1.68. The maximum absolute atomic E-state index is 5.92. The molecule has 0 saturated carbocycles. The van der Waals surface area contributed by atoms with Crippen molar-refractivity contribution in [1.29, 1.82) is 0 Å². The Kier molecular flexibility index (Phi) is 4.03. The number of piperidine rings is 1. The van der Waals surface area contributed by atoms with Crippen LogP contribution in [0, 0.1) is 6.92 Å². The van der Waals surface area contributed by atoms with Crippen LogP contribution in [0.15, 0.2) is 6.33 Å². The molecule has 0 bridgehead atoms. The van der Waals surface area contributed by atoms with Crippen LogP contribution in [-0.4, -0.2) is 57.4 Å². The zero-order valence-electron chi connectivity index (χ0n) is 12.7. The van der Waals surface area contributed by atoms with Crippen molar-refractivity contribution in [2.75, 3.05) is 32.4 Å². The van der Waals surface area contributed by atoms with Gasteiger partial charge < -0.3 is 16.0 Å². The minimum atomic E-state index is 0.513. The first-order valence-corrected chi connectivity index (χ1v) is 7.52. The Labute approximate surface area is 124 Å². The van der Waals surface area contributed by atoms with Crippen molar-refractivity contribution in [3.63, 3.8) is 0 Å². The number of nitrogens with one attached hydrogen (secondary N) is 1. The van der Waals surface area contributed by atoms with E-state index in [9.17, 15) is 0 Å². The van der Waals surface area contributed by atoms with E-state index >= 15 is 0 Å². The number of aromatic nitrogens is 4. The van der Waals surface area contributed by atoms with E-state index in [1.165, 1.54) is 19.2 Å². The number of hydrogen-bond acceptors (Lipinski definition) is 6. The van der Waals surface area contributed by atoms with E-state index in [2.05, 4.69) is 25.3 Å². The van der Waals surface area contributed by atoms with Gasteiger partial charge in [-0.1, -0.05) is 0 Å². The van der Waals surface area contributed by atoms with Crippen LogP contribution in [0.2, 0.25) is 0 Å². The quantitative estimate of drug-likeness (QED) is 0.847. The molecule has 0 aliphatic carbocycles. The Bertz CT molecular complexity index is 613. The lowest BCUT2D eigenvalue weighted by Crippen LogP contribution is -2.42. The Morgan fingerprint density at radius 1 is 1.29 bits per heavy atom. The second kappa shape index (κ2) is 5.95. The van der Waals surface area contributed by atoms with Crippen molar-refractivity contribution < 1.29 is 0 Å². The summed E-state index contributed by atoms with van der Waals surface area (Å²) in [6.45, 7) is 6.07. The maximum atomic E-state index is 5.92. The maximum Gasteiger partial charge on any atom is 0.163 e. The topological polar surface area (TPSA) is 84.9 Å². The molecular weight excluding hydrogens is 266 g/mol. The van der Waals surface area contributed by atoms with Crippen LogP contribution in [0.5, 0.6) is 0 Å². The average molecular weight is 289 g/mol. The predicted octanol–water partition coefficient (Wildman–Crippen LogP) is 0.401. The van der Waals surface area contributed by atoms with Gasteiger partial charge in [-0.25, -0.2) is 14.6 Å². The fraction of sp³-hybridized carbons (Fsp3) is 0.643. The number of nitrogens with two attached hydrogens (primary N) is 1. The molecule has 0 unspecified atom stereocenters. The fourth-order valence-corrected chi connectivity index (χ4v) is 3.05. The van der Waals surface area contributed by atoms with E-state index in [0.29, 0.717) is 11.9 Å². The number of aryl methyl sites for hydroxylation is 1. The zero-order valence-corrected chi connectivity index (χ0v) is 12.7. The highest BCUT2D eigenvalue weighted by Crippen LogP contribution is 2.20. The van der Waals surface area contributed by atoms with Gasteiger partial charge in [-0.2, -0.15) is 5.10 Å². The number of fused-ring (bicyclic) bond motifs is 1. The summed E-state index contributed by atoms with van der Waals surface area (Å²) in [6.07, 6.45) is 3.93. The molecule has 0 spiro atoms. The van der Waals surface area contributed by atoms with Crippen molar-refractivity contribution >= 4 is 16.9 Å². The molecule has 3 heterocycles. The normalized spacial score (nSPS) is 17.6. The second-order valence-electron chi connectivity index (χ2n) is 5.67. The lowest BCUT2D eigenvalue weighted by atomic mass is 10.1. The summed E-state index contributed by atoms with van der Waals surface area (Å²) >= 11 is 0. The van der Waals surface area contributed by atoms with E-state index in [1.54, 1.807) is 0 Å². The van der Waals surface area contributed by atoms with Gasteiger partial charge >= 0.3 is 0 Å². The monoisotopic (exact) mass is 289 g/mol. The highest BCUT2D eigenvalue weighted by molar-refractivity contribution is 5.87. The number of rotatable bonds is 4. The molecule has 21 heavy (non-hydrogen) atoms. The van der Waals surface area contributed by atoms with Gasteiger partial charge in [0.05, 0.1) is 17.6 Å². The number of hydrogen-bond donors (Lipinski definition) is 2. The zero-order chi connectivity index (χ0) is 14.8. The Hall–Kier alpha value is -1.73. The summed E-state index contributed by atoms with van der Waals surface area (Å²) in [5.74, 6) is 0.513. The number of nitrogen functional groups attached to an aromatic ring is 1. The number of likely N-dealkylation sites (tertiary alicyclic amines) is 1. The molecule has 2 aromatic heterocycles. The smallest absolute Gasteiger partial charge is 0.163 e. The van der Waals surface area contributed by atoms with Crippen LogP contribution < -0.4 is 11.1 Å². The molecule has 0 radical (unpaired) electrons. The average Bonchev–Trinajstić information content (AvgIpc) is 2.83. The summed E-state index contributed by atoms with van der Waals surface area (Å²) in [7, 11) is 2.04. The molecule has 0 atom stereocenters. The summed E-state index contributed by atoms with van der Waals surface area (Å²) in [4.78, 5) is 10.9. The lowest BCUT2D eigenvalue weighted by molar-refractivity contribution is 0.194. The third-order valence-corrected chi connectivity index (χ3v) is 4.36. The first-order chi connectivity index (χ1) is 10.2. The SMILES string of the molecule is CNC1CCN(CCn2nc(C)c3c(N)ncnc32)CC1. The Morgan fingerprint density at radius 3 is 2.76 bits per heavy atom. The molecule has 7 heteroatoms. The summed E-state index contributed by atoms with van der Waals surface area (Å²) in [5.41, 5.74) is 7.66. The van der Waals surface area contributed by atoms with Crippen molar-refractivity contribution in [1.82, 2.24) is 30.0 Å². The molecule has 2 aromatic rings. The lowest BCUT2D eigenvalue weighted by Gasteiger charge is -2.31. The van der Waals surface area contributed by atoms with E-state index in [0.717, 1.165) is 42.9 Å². The molecule has 0 aromatic carbocycles. The van der Waals surface area contributed by atoms with E-state index in [4.69, 9.17) is 5.73 Å². The third-order valence-electron chi connectivity index (χ3n) is 4.36. The molecule has 3 rings (SSSR count). The number of nitrogens with zero attached hydrogens (tertiary/aromatic N) is 5. The summed E-state index contributed by atoms with van der Waals surface area (Å²) in [6, 6.07) is 0.668. The third kappa shape index (κ3) is 2.84. The van der Waals surface area contributed by atoms with Gasteiger partial charge in [0.2, 0.25) is 0 Å².